The van der Waals surface area contributed by atoms with Gasteiger partial charge in [-0.1, -0.05) is 0 Å². The quantitative estimate of drug-likeness (QED) is 0.791. The molecular formula is C14H24N2O3. The van der Waals surface area contributed by atoms with Crippen LogP contribution in [0.2, 0.25) is 0 Å². The van der Waals surface area contributed by atoms with Gasteiger partial charge >= 0.3 is 6.09 Å². The van der Waals surface area contributed by atoms with Crippen LogP contribution in [0.25, 0.3) is 0 Å². The van der Waals surface area contributed by atoms with Crippen LogP contribution < -0.4 is 5.73 Å². The first-order chi connectivity index (χ1) is 8.78. The van der Waals surface area contributed by atoms with Crippen LogP contribution in [0.1, 0.15) is 52.9 Å². The average molecular weight is 268 g/mol. The topological polar surface area (TPSA) is 72.6 Å². The molecule has 19 heavy (non-hydrogen) atoms. The van der Waals surface area contributed by atoms with E-state index in [9.17, 15) is 9.59 Å². The maximum absolute atomic E-state index is 12.3. The summed E-state index contributed by atoms with van der Waals surface area (Å²) >= 11 is 0. The lowest BCUT2D eigenvalue weighted by Gasteiger charge is -2.48. The Balaban J connectivity index is 2.10. The maximum atomic E-state index is 12.3. The lowest BCUT2D eigenvalue weighted by Crippen LogP contribution is -2.57. The minimum absolute atomic E-state index is 0.0889. The Hall–Kier alpha value is -1.26. The monoisotopic (exact) mass is 268 g/mol. The fourth-order valence-corrected chi connectivity index (χ4v) is 3.23. The van der Waals surface area contributed by atoms with Crippen molar-refractivity contribution < 1.29 is 14.3 Å². The van der Waals surface area contributed by atoms with Crippen molar-refractivity contribution in [3.8, 4) is 0 Å². The molecule has 0 radical (unpaired) electrons. The molecule has 2 fully saturated rings. The molecule has 0 aromatic rings. The Morgan fingerprint density at radius 1 is 1.16 bits per heavy atom. The van der Waals surface area contributed by atoms with Crippen LogP contribution in [0.3, 0.4) is 0 Å². The van der Waals surface area contributed by atoms with Crippen molar-refractivity contribution >= 4 is 12.0 Å². The maximum Gasteiger partial charge on any atom is 0.410 e. The third-order valence-electron chi connectivity index (χ3n) is 3.98. The summed E-state index contributed by atoms with van der Waals surface area (Å²) in [4.78, 5) is 25.5. The molecule has 2 atom stereocenters. The summed E-state index contributed by atoms with van der Waals surface area (Å²) in [6, 6.07) is 0.222. The van der Waals surface area contributed by atoms with Crippen LogP contribution in [-0.4, -0.2) is 34.6 Å². The second-order valence-electron chi connectivity index (χ2n) is 6.70. The molecular weight excluding hydrogens is 244 g/mol. The molecule has 5 nitrogen and oxygen atoms in total. The highest BCUT2D eigenvalue weighted by Gasteiger charge is 2.43. The fourth-order valence-electron chi connectivity index (χ4n) is 3.23. The van der Waals surface area contributed by atoms with Crippen LogP contribution in [-0.2, 0) is 9.53 Å². The molecule has 2 heterocycles. The summed E-state index contributed by atoms with van der Waals surface area (Å²) in [5, 5.41) is 0. The summed E-state index contributed by atoms with van der Waals surface area (Å²) < 4.78 is 5.48. The summed E-state index contributed by atoms with van der Waals surface area (Å²) in [6.45, 7) is 5.62. The highest BCUT2D eigenvalue weighted by Crippen LogP contribution is 2.37. The SMILES string of the molecule is CC(C)(C)OC(=O)N1C2CCCC1CC(C(N)=O)C2. The molecule has 2 unspecified atom stereocenters. The summed E-state index contributed by atoms with van der Waals surface area (Å²) in [5.41, 5.74) is 4.94. The largest absolute Gasteiger partial charge is 0.444 e. The van der Waals surface area contributed by atoms with Gasteiger partial charge in [0.1, 0.15) is 5.60 Å². The molecule has 2 bridgehead atoms. The summed E-state index contributed by atoms with van der Waals surface area (Å²) in [5.74, 6) is -0.324. The Morgan fingerprint density at radius 3 is 2.11 bits per heavy atom. The number of hydrogen-bond donors (Lipinski definition) is 1. The third kappa shape index (κ3) is 3.19. The molecule has 5 heteroatoms. The van der Waals surface area contributed by atoms with Gasteiger partial charge in [0.05, 0.1) is 0 Å². The van der Waals surface area contributed by atoms with Crippen molar-refractivity contribution in [3.63, 3.8) is 0 Å². The minimum atomic E-state index is -0.480. The Kier molecular flexibility index (Phi) is 3.74. The summed E-state index contributed by atoms with van der Waals surface area (Å²) in [7, 11) is 0. The number of ether oxygens (including phenoxy) is 1. The molecule has 2 aliphatic rings. The van der Waals surface area contributed by atoms with Crippen LogP contribution in [0, 0.1) is 5.92 Å². The van der Waals surface area contributed by atoms with Crippen LogP contribution >= 0.6 is 0 Å². The number of fused-ring (bicyclic) bond motifs is 2. The Labute approximate surface area is 114 Å². The molecule has 2 rings (SSSR count). The van der Waals surface area contributed by atoms with Gasteiger partial charge in [0.2, 0.25) is 5.91 Å². The predicted molar refractivity (Wildman–Crippen MR) is 71.4 cm³/mol. The molecule has 0 saturated carbocycles. The van der Waals surface area contributed by atoms with Crippen molar-refractivity contribution in [1.82, 2.24) is 4.90 Å². The Morgan fingerprint density at radius 2 is 1.68 bits per heavy atom. The number of nitrogens with zero attached hydrogens (tertiary/aromatic N) is 1. The van der Waals surface area contributed by atoms with E-state index in [0.717, 1.165) is 19.3 Å². The van der Waals surface area contributed by atoms with Crippen molar-refractivity contribution in [1.29, 1.82) is 0 Å². The number of carbonyl (C=O) groups is 2. The van der Waals surface area contributed by atoms with Gasteiger partial charge in [0.25, 0.3) is 0 Å². The molecule has 0 aromatic heterocycles. The van der Waals surface area contributed by atoms with Gasteiger partial charge in [0, 0.05) is 18.0 Å². The smallest absolute Gasteiger partial charge is 0.410 e. The van der Waals surface area contributed by atoms with E-state index in [1.165, 1.54) is 0 Å². The normalized spacial score (nSPS) is 30.9. The zero-order valence-electron chi connectivity index (χ0n) is 12.0. The lowest BCUT2D eigenvalue weighted by atomic mass is 9.78. The molecule has 0 aromatic carbocycles. The molecule has 0 spiro atoms. The van der Waals surface area contributed by atoms with Gasteiger partial charge in [-0.15, -0.1) is 0 Å². The van der Waals surface area contributed by atoms with Gasteiger partial charge in [-0.2, -0.15) is 0 Å². The number of carbonyl (C=O) groups excluding carboxylic acids is 2. The first kappa shape index (κ1) is 14.2. The molecule has 2 N–H and O–H groups in total. The molecule has 2 saturated heterocycles. The van der Waals surface area contributed by atoms with E-state index in [-0.39, 0.29) is 30.0 Å². The second-order valence-corrected chi connectivity index (χ2v) is 6.70. The highest BCUT2D eigenvalue weighted by molar-refractivity contribution is 5.77. The number of primary amides is 1. The van der Waals surface area contributed by atoms with E-state index >= 15 is 0 Å². The number of nitrogens with two attached hydrogens (primary N) is 1. The molecule has 108 valence electrons. The number of amides is 2. The molecule has 2 amide bonds. The van der Waals surface area contributed by atoms with Gasteiger partial charge in [0.15, 0.2) is 0 Å². The van der Waals surface area contributed by atoms with E-state index < -0.39 is 5.60 Å². The predicted octanol–water partition coefficient (Wildman–Crippen LogP) is 2.04. The van der Waals surface area contributed by atoms with Crippen molar-refractivity contribution in [2.45, 2.75) is 70.6 Å². The fraction of sp³-hybridized carbons (Fsp3) is 0.857. The van der Waals surface area contributed by atoms with Crippen molar-refractivity contribution in [2.24, 2.45) is 11.7 Å². The number of rotatable bonds is 1. The van der Waals surface area contributed by atoms with Gasteiger partial charge in [-0.3, -0.25) is 4.79 Å². The standard InChI is InChI=1S/C14H24N2O3/c1-14(2,3)19-13(18)16-10-5-4-6-11(16)8-9(7-10)12(15)17/h9-11H,4-8H2,1-3H3,(H2,15,17). The lowest BCUT2D eigenvalue weighted by molar-refractivity contribution is -0.125. The van der Waals surface area contributed by atoms with E-state index in [0.29, 0.717) is 12.8 Å². The van der Waals surface area contributed by atoms with Crippen molar-refractivity contribution in [2.75, 3.05) is 0 Å². The van der Waals surface area contributed by atoms with Crippen LogP contribution in [0.5, 0.6) is 0 Å². The first-order valence-corrected chi connectivity index (χ1v) is 7.08. The van der Waals surface area contributed by atoms with Crippen LogP contribution in [0.4, 0.5) is 4.79 Å². The third-order valence-corrected chi connectivity index (χ3v) is 3.98. The Bertz CT molecular complexity index is 361. The van der Waals surface area contributed by atoms with E-state index in [2.05, 4.69) is 0 Å². The summed E-state index contributed by atoms with van der Waals surface area (Å²) in [6.07, 6.45) is 4.13. The molecule has 0 aliphatic carbocycles. The minimum Gasteiger partial charge on any atom is -0.444 e. The van der Waals surface area contributed by atoms with Gasteiger partial charge < -0.3 is 15.4 Å². The zero-order chi connectivity index (χ0) is 14.2. The average Bonchev–Trinajstić information content (AvgIpc) is 2.24. The van der Waals surface area contributed by atoms with Crippen molar-refractivity contribution in [3.05, 3.63) is 0 Å². The van der Waals surface area contributed by atoms with E-state index in [1.54, 1.807) is 0 Å². The van der Waals surface area contributed by atoms with Gasteiger partial charge in [-0.25, -0.2) is 4.79 Å². The first-order valence-electron chi connectivity index (χ1n) is 7.08. The highest BCUT2D eigenvalue weighted by atomic mass is 16.6. The molecule has 2 aliphatic heterocycles. The number of piperidine rings is 2. The van der Waals surface area contributed by atoms with Gasteiger partial charge in [-0.05, 0) is 52.9 Å². The van der Waals surface area contributed by atoms with E-state index in [1.807, 2.05) is 25.7 Å². The van der Waals surface area contributed by atoms with Crippen LogP contribution in [0.15, 0.2) is 0 Å². The zero-order valence-corrected chi connectivity index (χ0v) is 12.0. The number of hydrogen-bond acceptors (Lipinski definition) is 3. The van der Waals surface area contributed by atoms with E-state index in [4.69, 9.17) is 10.5 Å². The second kappa shape index (κ2) is 5.02.